The minimum atomic E-state index is -0.182. The molecule has 0 unspecified atom stereocenters. The summed E-state index contributed by atoms with van der Waals surface area (Å²) in [5.74, 6) is -0.182. The second kappa shape index (κ2) is 7.57. The van der Waals surface area contributed by atoms with E-state index in [0.717, 1.165) is 38.3 Å². The van der Waals surface area contributed by atoms with Crippen LogP contribution >= 0.6 is 0 Å². The van der Waals surface area contributed by atoms with Crippen LogP contribution in [0.2, 0.25) is 0 Å². The van der Waals surface area contributed by atoms with Crippen LogP contribution in [0.15, 0.2) is 48.5 Å². The number of hydrogen-bond acceptors (Lipinski definition) is 3. The Kier molecular flexibility index (Phi) is 5.24. The van der Waals surface area contributed by atoms with Gasteiger partial charge in [-0.25, -0.2) is 4.39 Å². The van der Waals surface area contributed by atoms with Crippen molar-refractivity contribution < 1.29 is 4.39 Å². The predicted molar refractivity (Wildman–Crippen MR) is 92.8 cm³/mol. The summed E-state index contributed by atoms with van der Waals surface area (Å²) in [6.45, 7) is 7.16. The Bertz CT molecular complexity index is 695. The molecule has 1 aliphatic rings. The molecule has 1 heterocycles. The third kappa shape index (κ3) is 4.00. The van der Waals surface area contributed by atoms with Crippen LogP contribution in [0.4, 0.5) is 4.39 Å². The number of nitriles is 1. The van der Waals surface area contributed by atoms with Crippen LogP contribution in [-0.2, 0) is 6.54 Å². The van der Waals surface area contributed by atoms with Gasteiger partial charge in [0.1, 0.15) is 5.82 Å². The van der Waals surface area contributed by atoms with Crippen molar-refractivity contribution in [2.75, 3.05) is 26.2 Å². The minimum Gasteiger partial charge on any atom is -0.297 e. The van der Waals surface area contributed by atoms with E-state index in [9.17, 15) is 4.39 Å². The van der Waals surface area contributed by atoms with Gasteiger partial charge in [-0.05, 0) is 42.3 Å². The molecule has 0 N–H and O–H groups in total. The number of hydrogen-bond donors (Lipinski definition) is 0. The Balaban J connectivity index is 1.53. The summed E-state index contributed by atoms with van der Waals surface area (Å²) in [6.07, 6.45) is 0. The zero-order valence-corrected chi connectivity index (χ0v) is 14.0. The van der Waals surface area contributed by atoms with Crippen molar-refractivity contribution in [1.29, 1.82) is 5.26 Å². The molecule has 1 aliphatic heterocycles. The summed E-state index contributed by atoms with van der Waals surface area (Å²) in [5, 5.41) is 8.85. The van der Waals surface area contributed by atoms with Gasteiger partial charge < -0.3 is 0 Å². The van der Waals surface area contributed by atoms with Gasteiger partial charge in [0.05, 0.1) is 11.6 Å². The quantitative estimate of drug-likeness (QED) is 0.861. The maximum atomic E-state index is 13.1. The fraction of sp³-hybridized carbons (Fsp3) is 0.350. The molecule has 1 atom stereocenters. The Morgan fingerprint density at radius 1 is 1.00 bits per heavy atom. The van der Waals surface area contributed by atoms with E-state index in [2.05, 4.69) is 22.8 Å². The Labute approximate surface area is 142 Å². The molecule has 0 bridgehead atoms. The van der Waals surface area contributed by atoms with Gasteiger partial charge in [-0.2, -0.15) is 5.26 Å². The molecule has 3 nitrogen and oxygen atoms in total. The van der Waals surface area contributed by atoms with Crippen molar-refractivity contribution in [3.05, 3.63) is 71.0 Å². The lowest BCUT2D eigenvalue weighted by Crippen LogP contribution is -2.46. The van der Waals surface area contributed by atoms with Gasteiger partial charge in [0.2, 0.25) is 0 Å². The van der Waals surface area contributed by atoms with Crippen molar-refractivity contribution in [3.63, 3.8) is 0 Å². The first-order chi connectivity index (χ1) is 11.7. The first-order valence-corrected chi connectivity index (χ1v) is 8.36. The van der Waals surface area contributed by atoms with Crippen LogP contribution in [0.25, 0.3) is 0 Å². The second-order valence-electron chi connectivity index (χ2n) is 6.35. The van der Waals surface area contributed by atoms with Crippen LogP contribution in [0.5, 0.6) is 0 Å². The molecule has 0 saturated carbocycles. The molecule has 0 aliphatic carbocycles. The molecule has 24 heavy (non-hydrogen) atoms. The van der Waals surface area contributed by atoms with E-state index in [0.29, 0.717) is 11.6 Å². The van der Waals surface area contributed by atoms with Crippen LogP contribution in [-0.4, -0.2) is 36.0 Å². The molecule has 1 fully saturated rings. The molecule has 1 saturated heterocycles. The predicted octanol–water partition coefficient (Wildman–Crippen LogP) is 3.58. The van der Waals surface area contributed by atoms with Gasteiger partial charge in [0, 0.05) is 38.8 Å². The normalized spacial score (nSPS) is 17.4. The number of benzene rings is 2. The van der Waals surface area contributed by atoms with Gasteiger partial charge in [-0.3, -0.25) is 9.80 Å². The van der Waals surface area contributed by atoms with Crippen LogP contribution in [0.3, 0.4) is 0 Å². The number of halogens is 1. The van der Waals surface area contributed by atoms with Crippen LogP contribution in [0, 0.1) is 17.1 Å². The van der Waals surface area contributed by atoms with E-state index >= 15 is 0 Å². The molecule has 0 radical (unpaired) electrons. The molecular formula is C20H22FN3. The molecule has 0 amide bonds. The van der Waals surface area contributed by atoms with E-state index in [1.165, 1.54) is 17.7 Å². The van der Waals surface area contributed by atoms with Crippen LogP contribution in [0.1, 0.15) is 29.7 Å². The molecule has 124 valence electrons. The maximum Gasteiger partial charge on any atom is 0.123 e. The lowest BCUT2D eigenvalue weighted by Gasteiger charge is -2.38. The monoisotopic (exact) mass is 323 g/mol. The number of rotatable bonds is 4. The fourth-order valence-corrected chi connectivity index (χ4v) is 3.20. The van der Waals surface area contributed by atoms with Gasteiger partial charge in [0.15, 0.2) is 0 Å². The third-order valence-corrected chi connectivity index (χ3v) is 4.80. The second-order valence-corrected chi connectivity index (χ2v) is 6.35. The molecule has 0 spiro atoms. The summed E-state index contributed by atoms with van der Waals surface area (Å²) in [5.41, 5.74) is 3.11. The lowest BCUT2D eigenvalue weighted by molar-refractivity contribution is 0.0978. The number of piperazine rings is 1. The summed E-state index contributed by atoms with van der Waals surface area (Å²) >= 11 is 0. The third-order valence-electron chi connectivity index (χ3n) is 4.80. The van der Waals surface area contributed by atoms with E-state index in [1.807, 2.05) is 36.4 Å². The summed E-state index contributed by atoms with van der Waals surface area (Å²) < 4.78 is 13.1. The highest BCUT2D eigenvalue weighted by molar-refractivity contribution is 5.31. The number of nitrogens with zero attached hydrogens (tertiary/aromatic N) is 3. The first-order valence-electron chi connectivity index (χ1n) is 8.36. The van der Waals surface area contributed by atoms with Crippen molar-refractivity contribution in [2.24, 2.45) is 0 Å². The highest BCUT2D eigenvalue weighted by atomic mass is 19.1. The zero-order chi connectivity index (χ0) is 16.9. The van der Waals surface area contributed by atoms with Gasteiger partial charge in [-0.1, -0.05) is 24.3 Å². The summed E-state index contributed by atoms with van der Waals surface area (Å²) in [4.78, 5) is 4.89. The van der Waals surface area contributed by atoms with E-state index in [1.54, 1.807) is 0 Å². The average Bonchev–Trinajstić information content (AvgIpc) is 2.63. The molecular weight excluding hydrogens is 301 g/mol. The summed E-state index contributed by atoms with van der Waals surface area (Å²) in [6, 6.07) is 17.1. The minimum absolute atomic E-state index is 0.182. The Morgan fingerprint density at radius 2 is 1.62 bits per heavy atom. The van der Waals surface area contributed by atoms with E-state index in [-0.39, 0.29) is 5.82 Å². The molecule has 4 heteroatoms. The molecule has 2 aromatic carbocycles. The van der Waals surface area contributed by atoms with Gasteiger partial charge in [-0.15, -0.1) is 0 Å². The fourth-order valence-electron chi connectivity index (χ4n) is 3.20. The zero-order valence-electron chi connectivity index (χ0n) is 14.0. The average molecular weight is 323 g/mol. The standard InChI is InChI=1S/C20H22FN3/c1-16(19-6-8-20(21)9-7-19)24-12-10-23(11-13-24)15-18-4-2-17(14-22)3-5-18/h2-9,16H,10-13,15H2,1H3/t16-/m1/s1. The van der Waals surface area contributed by atoms with Crippen molar-refractivity contribution >= 4 is 0 Å². The molecule has 3 rings (SSSR count). The largest absolute Gasteiger partial charge is 0.297 e. The Morgan fingerprint density at radius 3 is 2.21 bits per heavy atom. The Hall–Kier alpha value is -2.22. The van der Waals surface area contributed by atoms with Crippen molar-refractivity contribution in [2.45, 2.75) is 19.5 Å². The van der Waals surface area contributed by atoms with Crippen LogP contribution < -0.4 is 0 Å². The maximum absolute atomic E-state index is 13.1. The highest BCUT2D eigenvalue weighted by Crippen LogP contribution is 2.22. The first kappa shape index (κ1) is 16.6. The lowest BCUT2D eigenvalue weighted by atomic mass is 10.1. The molecule has 0 aromatic heterocycles. The molecule has 2 aromatic rings. The van der Waals surface area contributed by atoms with Crippen molar-refractivity contribution in [3.8, 4) is 6.07 Å². The highest BCUT2D eigenvalue weighted by Gasteiger charge is 2.22. The topological polar surface area (TPSA) is 30.3 Å². The SMILES string of the molecule is C[C@H](c1ccc(F)cc1)N1CCN(Cc2ccc(C#N)cc2)CC1. The van der Waals surface area contributed by atoms with E-state index < -0.39 is 0 Å². The van der Waals surface area contributed by atoms with Crippen molar-refractivity contribution in [1.82, 2.24) is 9.80 Å². The van der Waals surface area contributed by atoms with Gasteiger partial charge >= 0.3 is 0 Å². The smallest absolute Gasteiger partial charge is 0.123 e. The van der Waals surface area contributed by atoms with E-state index in [4.69, 9.17) is 5.26 Å². The summed E-state index contributed by atoms with van der Waals surface area (Å²) in [7, 11) is 0. The van der Waals surface area contributed by atoms with Gasteiger partial charge in [0.25, 0.3) is 0 Å².